The number of rotatable bonds is 9. The molecule has 0 aromatic carbocycles. The minimum Gasteiger partial charge on any atom is -0.480 e. The number of methoxy groups -OCH3 is 1. The Balaban J connectivity index is 1.99. The zero-order chi connectivity index (χ0) is 13.4. The molecule has 1 saturated carbocycles. The van der Waals surface area contributed by atoms with Crippen molar-refractivity contribution in [2.45, 2.75) is 24.8 Å². The number of amides is 2. The second-order valence-electron chi connectivity index (χ2n) is 4.23. The lowest BCUT2D eigenvalue weighted by molar-refractivity contribution is -0.140. The molecular weight excluding hydrogens is 240 g/mol. The highest BCUT2D eigenvalue weighted by Gasteiger charge is 2.51. The number of aliphatic carboxylic acids is 1. The molecule has 0 saturated heterocycles. The van der Waals surface area contributed by atoms with Gasteiger partial charge in [0.05, 0.1) is 13.2 Å². The molecule has 7 nitrogen and oxygen atoms in total. The summed E-state index contributed by atoms with van der Waals surface area (Å²) >= 11 is 0. The van der Waals surface area contributed by atoms with E-state index in [1.165, 1.54) is 0 Å². The maximum atomic E-state index is 11.4. The average Bonchev–Trinajstić information content (AvgIpc) is 3.09. The number of ether oxygens (including phenoxy) is 2. The van der Waals surface area contributed by atoms with Crippen LogP contribution >= 0.6 is 0 Å². The van der Waals surface area contributed by atoms with Gasteiger partial charge in [-0.3, -0.25) is 0 Å². The second-order valence-corrected chi connectivity index (χ2v) is 4.23. The van der Waals surface area contributed by atoms with Gasteiger partial charge in [-0.05, 0) is 19.3 Å². The van der Waals surface area contributed by atoms with Crippen molar-refractivity contribution in [1.29, 1.82) is 0 Å². The van der Waals surface area contributed by atoms with Crippen molar-refractivity contribution in [1.82, 2.24) is 10.6 Å². The van der Waals surface area contributed by atoms with Crippen LogP contribution in [-0.2, 0) is 14.3 Å². The second kappa shape index (κ2) is 7.17. The number of hydrogen-bond acceptors (Lipinski definition) is 4. The van der Waals surface area contributed by atoms with E-state index in [0.29, 0.717) is 45.6 Å². The average molecular weight is 260 g/mol. The quantitative estimate of drug-likeness (QED) is 0.505. The van der Waals surface area contributed by atoms with E-state index in [-0.39, 0.29) is 0 Å². The summed E-state index contributed by atoms with van der Waals surface area (Å²) in [6.45, 7) is 2.07. The Kier molecular flexibility index (Phi) is 5.87. The fraction of sp³-hybridized carbons (Fsp3) is 0.818. The number of carboxylic acid groups (broad SMARTS) is 1. The van der Waals surface area contributed by atoms with Crippen LogP contribution in [0.2, 0.25) is 0 Å². The van der Waals surface area contributed by atoms with E-state index in [1.54, 1.807) is 7.11 Å². The maximum absolute atomic E-state index is 11.4. The Bertz CT molecular complexity index is 291. The highest BCUT2D eigenvalue weighted by atomic mass is 16.5. The van der Waals surface area contributed by atoms with Crippen LogP contribution in [0, 0.1) is 0 Å². The van der Waals surface area contributed by atoms with Gasteiger partial charge in [-0.15, -0.1) is 0 Å². The largest absolute Gasteiger partial charge is 0.480 e. The van der Waals surface area contributed by atoms with Gasteiger partial charge < -0.3 is 25.2 Å². The van der Waals surface area contributed by atoms with Crippen LogP contribution in [0.4, 0.5) is 4.79 Å². The van der Waals surface area contributed by atoms with Gasteiger partial charge in [-0.1, -0.05) is 0 Å². The Morgan fingerprint density at radius 1 is 1.28 bits per heavy atom. The fourth-order valence-electron chi connectivity index (χ4n) is 1.40. The van der Waals surface area contributed by atoms with E-state index in [2.05, 4.69) is 10.6 Å². The molecular formula is C11H20N2O5. The van der Waals surface area contributed by atoms with Crippen molar-refractivity contribution < 1.29 is 24.2 Å². The predicted molar refractivity (Wildman–Crippen MR) is 63.4 cm³/mol. The minimum atomic E-state index is -1.03. The first kappa shape index (κ1) is 14.7. The highest BCUT2D eigenvalue weighted by molar-refractivity contribution is 5.88. The van der Waals surface area contributed by atoms with E-state index in [4.69, 9.17) is 14.6 Å². The third-order valence-electron chi connectivity index (χ3n) is 2.69. The molecule has 0 aromatic heterocycles. The van der Waals surface area contributed by atoms with Crippen molar-refractivity contribution in [3.8, 4) is 0 Å². The van der Waals surface area contributed by atoms with Gasteiger partial charge in [0.1, 0.15) is 5.54 Å². The van der Waals surface area contributed by atoms with Gasteiger partial charge in [0, 0.05) is 20.3 Å². The molecule has 7 heteroatoms. The Morgan fingerprint density at radius 2 is 2.00 bits per heavy atom. The minimum absolute atomic E-state index is 0.438. The SMILES string of the molecule is COCCOCCCNC(=O)NC1(C(=O)O)CC1. The van der Waals surface area contributed by atoms with E-state index in [0.717, 1.165) is 0 Å². The first-order valence-corrected chi connectivity index (χ1v) is 5.97. The molecule has 1 rings (SSSR count). The summed E-state index contributed by atoms with van der Waals surface area (Å²) in [4.78, 5) is 22.2. The summed E-state index contributed by atoms with van der Waals surface area (Å²) in [6, 6.07) is -0.438. The summed E-state index contributed by atoms with van der Waals surface area (Å²) in [5, 5.41) is 13.9. The molecule has 0 bridgehead atoms. The fourth-order valence-corrected chi connectivity index (χ4v) is 1.40. The standard InChI is InChI=1S/C11H20N2O5/c1-17-7-8-18-6-2-5-12-10(16)13-11(3-4-11)9(14)15/h2-8H2,1H3,(H,14,15)(H2,12,13,16). The summed E-state index contributed by atoms with van der Waals surface area (Å²) in [7, 11) is 1.60. The normalized spacial score (nSPS) is 16.1. The van der Waals surface area contributed by atoms with E-state index >= 15 is 0 Å². The molecule has 0 atom stereocenters. The van der Waals surface area contributed by atoms with Gasteiger partial charge >= 0.3 is 12.0 Å². The lowest BCUT2D eigenvalue weighted by atomic mass is 10.3. The van der Waals surface area contributed by atoms with Gasteiger partial charge in [0.15, 0.2) is 0 Å². The van der Waals surface area contributed by atoms with Crippen molar-refractivity contribution in [3.63, 3.8) is 0 Å². The number of carbonyl (C=O) groups is 2. The van der Waals surface area contributed by atoms with Crippen molar-refractivity contribution in [2.24, 2.45) is 0 Å². The van der Waals surface area contributed by atoms with Crippen LogP contribution in [0.15, 0.2) is 0 Å². The van der Waals surface area contributed by atoms with Crippen molar-refractivity contribution >= 4 is 12.0 Å². The van der Waals surface area contributed by atoms with Crippen LogP contribution in [-0.4, -0.2) is 56.1 Å². The molecule has 18 heavy (non-hydrogen) atoms. The third-order valence-corrected chi connectivity index (χ3v) is 2.69. The molecule has 0 unspecified atom stereocenters. The first-order chi connectivity index (χ1) is 8.60. The smallest absolute Gasteiger partial charge is 0.329 e. The van der Waals surface area contributed by atoms with E-state index in [9.17, 15) is 9.59 Å². The Labute approximate surface area is 106 Å². The summed E-state index contributed by atoms with van der Waals surface area (Å²) < 4.78 is 10.0. The van der Waals surface area contributed by atoms with Crippen molar-refractivity contribution in [2.75, 3.05) is 33.5 Å². The molecule has 104 valence electrons. The molecule has 0 aliphatic heterocycles. The topological polar surface area (TPSA) is 96.9 Å². The van der Waals surface area contributed by atoms with Crippen LogP contribution in [0.5, 0.6) is 0 Å². The Morgan fingerprint density at radius 3 is 2.56 bits per heavy atom. The van der Waals surface area contributed by atoms with E-state index < -0.39 is 17.5 Å². The molecule has 0 heterocycles. The van der Waals surface area contributed by atoms with E-state index in [1.807, 2.05) is 0 Å². The first-order valence-electron chi connectivity index (χ1n) is 5.97. The molecule has 1 aliphatic rings. The molecule has 2 amide bonds. The number of nitrogens with one attached hydrogen (secondary N) is 2. The van der Waals surface area contributed by atoms with Gasteiger partial charge in [-0.2, -0.15) is 0 Å². The number of carboxylic acids is 1. The summed E-state index contributed by atoms with van der Waals surface area (Å²) in [5.41, 5.74) is -1.03. The third kappa shape index (κ3) is 4.89. The molecule has 0 radical (unpaired) electrons. The van der Waals surface area contributed by atoms with Crippen LogP contribution in [0.25, 0.3) is 0 Å². The lowest BCUT2D eigenvalue weighted by Gasteiger charge is -2.13. The molecule has 0 aromatic rings. The number of carbonyl (C=O) groups excluding carboxylic acids is 1. The van der Waals surface area contributed by atoms with Gasteiger partial charge in [0.25, 0.3) is 0 Å². The monoisotopic (exact) mass is 260 g/mol. The maximum Gasteiger partial charge on any atom is 0.329 e. The molecule has 1 aliphatic carbocycles. The zero-order valence-electron chi connectivity index (χ0n) is 10.5. The van der Waals surface area contributed by atoms with Gasteiger partial charge in [-0.25, -0.2) is 9.59 Å². The van der Waals surface area contributed by atoms with Gasteiger partial charge in [0.2, 0.25) is 0 Å². The molecule has 1 fully saturated rings. The van der Waals surface area contributed by atoms with Crippen LogP contribution in [0.1, 0.15) is 19.3 Å². The predicted octanol–water partition coefficient (Wildman–Crippen LogP) is -0.0441. The lowest BCUT2D eigenvalue weighted by Crippen LogP contribution is -2.48. The summed E-state index contributed by atoms with van der Waals surface area (Å²) in [6.07, 6.45) is 1.67. The summed E-state index contributed by atoms with van der Waals surface area (Å²) in [5.74, 6) is -0.972. The molecule has 0 spiro atoms. The van der Waals surface area contributed by atoms with Crippen LogP contribution < -0.4 is 10.6 Å². The molecule has 3 N–H and O–H groups in total. The zero-order valence-corrected chi connectivity index (χ0v) is 10.5. The van der Waals surface area contributed by atoms with Crippen molar-refractivity contribution in [3.05, 3.63) is 0 Å². The highest BCUT2D eigenvalue weighted by Crippen LogP contribution is 2.35. The van der Waals surface area contributed by atoms with Crippen LogP contribution in [0.3, 0.4) is 0 Å². The number of hydrogen-bond donors (Lipinski definition) is 3. The number of urea groups is 1. The Hall–Kier alpha value is -1.34.